The number of anilines is 1. The summed E-state index contributed by atoms with van der Waals surface area (Å²) in [5.74, 6) is -2.99. The predicted molar refractivity (Wildman–Crippen MR) is 94.0 cm³/mol. The molecule has 1 unspecified atom stereocenters. The molecule has 0 saturated carbocycles. The maximum absolute atomic E-state index is 14.1. The van der Waals surface area contributed by atoms with E-state index in [1.54, 1.807) is 0 Å². The van der Waals surface area contributed by atoms with Crippen LogP contribution < -0.4 is 10.6 Å². The van der Waals surface area contributed by atoms with E-state index in [9.17, 15) is 23.2 Å². The van der Waals surface area contributed by atoms with Crippen molar-refractivity contribution < 1.29 is 23.2 Å². The Labute approximate surface area is 158 Å². The van der Waals surface area contributed by atoms with Gasteiger partial charge < -0.3 is 10.6 Å². The third-order valence-electron chi connectivity index (χ3n) is 4.19. The van der Waals surface area contributed by atoms with Crippen molar-refractivity contribution in [3.05, 3.63) is 64.7 Å². The van der Waals surface area contributed by atoms with Crippen LogP contribution in [0, 0.1) is 11.6 Å². The number of carbonyl (C=O) groups is 3. The number of urea groups is 1. The second-order valence-corrected chi connectivity index (χ2v) is 6.54. The molecule has 1 atom stereocenters. The van der Waals surface area contributed by atoms with Crippen molar-refractivity contribution >= 4 is 35.1 Å². The van der Waals surface area contributed by atoms with Crippen LogP contribution in [0.5, 0.6) is 0 Å². The van der Waals surface area contributed by atoms with Crippen molar-refractivity contribution in [2.75, 3.05) is 11.9 Å². The zero-order chi connectivity index (χ0) is 19.8. The van der Waals surface area contributed by atoms with E-state index in [0.29, 0.717) is 4.90 Å². The Bertz CT molecular complexity index is 953. The Hall–Kier alpha value is -3.00. The molecule has 140 valence electrons. The van der Waals surface area contributed by atoms with E-state index in [4.69, 9.17) is 11.6 Å². The molecule has 0 spiro atoms. The molecule has 1 aliphatic heterocycles. The average molecular weight is 394 g/mol. The first kappa shape index (κ1) is 18.8. The van der Waals surface area contributed by atoms with Gasteiger partial charge in [0, 0.05) is 10.6 Å². The standard InChI is InChI=1S/C18H14ClF2N3O3/c1-18(11-4-2-3-5-12(11)20)16(26)24(17(27)23-18)9-15(25)22-14-8-10(19)6-7-13(14)21/h2-8H,9H2,1H3,(H,22,25)(H,23,27). The normalized spacial score (nSPS) is 19.2. The van der Waals surface area contributed by atoms with Gasteiger partial charge in [-0.05, 0) is 31.2 Å². The minimum atomic E-state index is -1.65. The van der Waals surface area contributed by atoms with Crippen molar-refractivity contribution in [2.45, 2.75) is 12.5 Å². The lowest BCUT2D eigenvalue weighted by atomic mass is 9.91. The molecule has 4 amide bonds. The Morgan fingerprint density at radius 2 is 1.89 bits per heavy atom. The molecule has 1 saturated heterocycles. The molecule has 9 heteroatoms. The maximum Gasteiger partial charge on any atom is 0.325 e. The van der Waals surface area contributed by atoms with Crippen LogP contribution in [-0.2, 0) is 15.1 Å². The number of nitrogens with one attached hydrogen (secondary N) is 2. The van der Waals surface area contributed by atoms with Crippen LogP contribution in [-0.4, -0.2) is 29.3 Å². The van der Waals surface area contributed by atoms with E-state index in [1.807, 2.05) is 0 Å². The lowest BCUT2D eigenvalue weighted by Crippen LogP contribution is -2.42. The molecule has 0 aliphatic carbocycles. The van der Waals surface area contributed by atoms with E-state index in [1.165, 1.54) is 37.3 Å². The highest BCUT2D eigenvalue weighted by molar-refractivity contribution is 6.30. The molecule has 1 aliphatic rings. The number of nitrogens with zero attached hydrogens (tertiary/aromatic N) is 1. The molecule has 27 heavy (non-hydrogen) atoms. The van der Waals surface area contributed by atoms with Crippen LogP contribution in [0.1, 0.15) is 12.5 Å². The Morgan fingerprint density at radius 1 is 1.19 bits per heavy atom. The van der Waals surface area contributed by atoms with Crippen molar-refractivity contribution in [1.82, 2.24) is 10.2 Å². The van der Waals surface area contributed by atoms with Gasteiger partial charge in [-0.2, -0.15) is 0 Å². The summed E-state index contributed by atoms with van der Waals surface area (Å²) in [5, 5.41) is 4.85. The molecule has 2 N–H and O–H groups in total. The van der Waals surface area contributed by atoms with Gasteiger partial charge in [-0.1, -0.05) is 29.8 Å². The number of halogens is 3. The summed E-state index contributed by atoms with van der Waals surface area (Å²) in [6.45, 7) is 0.681. The average Bonchev–Trinajstić information content (AvgIpc) is 2.82. The number of benzene rings is 2. The predicted octanol–water partition coefficient (Wildman–Crippen LogP) is 3.02. The Balaban J connectivity index is 1.79. The van der Waals surface area contributed by atoms with Crippen molar-refractivity contribution in [3.8, 4) is 0 Å². The second kappa shape index (κ2) is 6.96. The van der Waals surface area contributed by atoms with Crippen LogP contribution in [0.15, 0.2) is 42.5 Å². The summed E-state index contributed by atoms with van der Waals surface area (Å²) in [6.07, 6.45) is 0. The molecular weight excluding hydrogens is 380 g/mol. The summed E-state index contributed by atoms with van der Waals surface area (Å²) in [6, 6.07) is 8.24. The van der Waals surface area contributed by atoms with Crippen molar-refractivity contribution in [2.24, 2.45) is 0 Å². The lowest BCUT2D eigenvalue weighted by molar-refractivity contribution is -0.133. The lowest BCUT2D eigenvalue weighted by Gasteiger charge is -2.22. The van der Waals surface area contributed by atoms with E-state index >= 15 is 0 Å². The van der Waals surface area contributed by atoms with Crippen LogP contribution in [0.2, 0.25) is 5.02 Å². The third-order valence-corrected chi connectivity index (χ3v) is 4.43. The van der Waals surface area contributed by atoms with E-state index in [2.05, 4.69) is 10.6 Å². The Kier molecular flexibility index (Phi) is 4.84. The first-order valence-electron chi connectivity index (χ1n) is 7.86. The molecule has 1 fully saturated rings. The molecule has 2 aromatic carbocycles. The molecule has 0 aromatic heterocycles. The summed E-state index contributed by atoms with van der Waals surface area (Å²) in [7, 11) is 0. The number of hydrogen-bond acceptors (Lipinski definition) is 3. The molecule has 1 heterocycles. The molecule has 3 rings (SSSR count). The van der Waals surface area contributed by atoms with Gasteiger partial charge in [0.1, 0.15) is 23.7 Å². The fraction of sp³-hybridized carbons (Fsp3) is 0.167. The highest BCUT2D eigenvalue weighted by Gasteiger charge is 2.50. The summed E-state index contributed by atoms with van der Waals surface area (Å²) >= 11 is 5.75. The van der Waals surface area contributed by atoms with Gasteiger partial charge in [0.2, 0.25) is 5.91 Å². The highest BCUT2D eigenvalue weighted by atomic mass is 35.5. The van der Waals surface area contributed by atoms with Crippen LogP contribution >= 0.6 is 11.6 Å². The van der Waals surface area contributed by atoms with Gasteiger partial charge in [-0.15, -0.1) is 0 Å². The topological polar surface area (TPSA) is 78.5 Å². The largest absolute Gasteiger partial charge is 0.325 e. The van der Waals surface area contributed by atoms with Crippen molar-refractivity contribution in [1.29, 1.82) is 0 Å². The quantitative estimate of drug-likeness (QED) is 0.784. The monoisotopic (exact) mass is 393 g/mol. The summed E-state index contributed by atoms with van der Waals surface area (Å²) in [4.78, 5) is 37.7. The molecule has 0 bridgehead atoms. The maximum atomic E-state index is 14.1. The van der Waals surface area contributed by atoms with Gasteiger partial charge in [-0.3, -0.25) is 14.5 Å². The minimum absolute atomic E-state index is 0.0212. The fourth-order valence-corrected chi connectivity index (χ4v) is 2.99. The second-order valence-electron chi connectivity index (χ2n) is 6.10. The van der Waals surface area contributed by atoms with Gasteiger partial charge in [0.05, 0.1) is 5.69 Å². The summed E-state index contributed by atoms with van der Waals surface area (Å²) in [5.41, 5.74) is -1.85. The number of rotatable bonds is 4. The minimum Gasteiger partial charge on any atom is -0.322 e. The van der Waals surface area contributed by atoms with Crippen LogP contribution in [0.3, 0.4) is 0 Å². The first-order chi connectivity index (χ1) is 12.7. The first-order valence-corrected chi connectivity index (χ1v) is 8.24. The smallest absolute Gasteiger partial charge is 0.322 e. The zero-order valence-corrected chi connectivity index (χ0v) is 14.8. The Morgan fingerprint density at radius 3 is 2.59 bits per heavy atom. The fourth-order valence-electron chi connectivity index (χ4n) is 2.82. The molecule has 0 radical (unpaired) electrons. The van der Waals surface area contributed by atoms with Gasteiger partial charge >= 0.3 is 6.03 Å². The highest BCUT2D eigenvalue weighted by Crippen LogP contribution is 2.30. The van der Waals surface area contributed by atoms with Gasteiger partial charge in [-0.25, -0.2) is 13.6 Å². The zero-order valence-electron chi connectivity index (χ0n) is 14.1. The van der Waals surface area contributed by atoms with E-state index < -0.39 is 41.6 Å². The SMILES string of the molecule is CC1(c2ccccc2F)NC(=O)N(CC(=O)Nc2cc(Cl)ccc2F)C1=O. The number of hydrogen-bond donors (Lipinski definition) is 2. The summed E-state index contributed by atoms with van der Waals surface area (Å²) < 4.78 is 27.8. The van der Waals surface area contributed by atoms with Crippen LogP contribution in [0.25, 0.3) is 0 Å². The molecule has 2 aromatic rings. The van der Waals surface area contributed by atoms with Crippen molar-refractivity contribution in [3.63, 3.8) is 0 Å². The third kappa shape index (κ3) is 3.48. The number of imide groups is 1. The van der Waals surface area contributed by atoms with Crippen LogP contribution in [0.4, 0.5) is 19.3 Å². The van der Waals surface area contributed by atoms with E-state index in [-0.39, 0.29) is 16.3 Å². The van der Waals surface area contributed by atoms with Gasteiger partial charge in [0.25, 0.3) is 5.91 Å². The molecule has 6 nitrogen and oxygen atoms in total. The number of carbonyl (C=O) groups excluding carboxylic acids is 3. The molecular formula is C18H14ClF2N3O3. The van der Waals surface area contributed by atoms with Gasteiger partial charge in [0.15, 0.2) is 0 Å². The number of amides is 4. The van der Waals surface area contributed by atoms with E-state index in [0.717, 1.165) is 12.1 Å².